The summed E-state index contributed by atoms with van der Waals surface area (Å²) in [7, 11) is 0. The molecule has 0 aliphatic carbocycles. The van der Waals surface area contributed by atoms with E-state index in [1.165, 1.54) is 122 Å². The minimum absolute atomic E-state index is 0.248. The highest BCUT2D eigenvalue weighted by atomic mass is 16.7. The molecule has 0 aromatic heterocycles. The highest BCUT2D eigenvalue weighted by Gasteiger charge is 2.44. The summed E-state index contributed by atoms with van der Waals surface area (Å²) in [6.07, 6.45) is 31.2. The van der Waals surface area contributed by atoms with Crippen LogP contribution in [0.3, 0.4) is 0 Å². The van der Waals surface area contributed by atoms with Gasteiger partial charge >= 0.3 is 0 Å². The van der Waals surface area contributed by atoms with Gasteiger partial charge in [0, 0.05) is 0 Å². The van der Waals surface area contributed by atoms with E-state index in [1.54, 1.807) is 0 Å². The molecule has 1 fully saturated rings. The van der Waals surface area contributed by atoms with Crippen LogP contribution in [0, 0.1) is 0 Å². The maximum atomic E-state index is 13.0. The fourth-order valence-corrected chi connectivity index (χ4v) is 7.69. The Labute approximate surface area is 359 Å². The van der Waals surface area contributed by atoms with Gasteiger partial charge in [0.05, 0.1) is 25.4 Å². The first-order valence-corrected chi connectivity index (χ1v) is 24.2. The third-order valence-corrected chi connectivity index (χ3v) is 11.7. The van der Waals surface area contributed by atoms with Crippen molar-refractivity contribution in [2.24, 2.45) is 0 Å². The number of ether oxygens (including phenoxy) is 2. The van der Waals surface area contributed by atoms with Gasteiger partial charge in [-0.05, 0) is 51.4 Å². The first-order valence-electron chi connectivity index (χ1n) is 24.2. The van der Waals surface area contributed by atoms with Crippen molar-refractivity contribution in [2.45, 2.75) is 262 Å². The second-order valence-electron chi connectivity index (χ2n) is 17.2. The summed E-state index contributed by atoms with van der Waals surface area (Å²) >= 11 is 0. The van der Waals surface area contributed by atoms with E-state index in [4.69, 9.17) is 9.47 Å². The molecule has 59 heavy (non-hydrogen) atoms. The third kappa shape index (κ3) is 28.0. The lowest BCUT2D eigenvalue weighted by molar-refractivity contribution is -0.303. The summed E-state index contributed by atoms with van der Waals surface area (Å²) in [5, 5.41) is 75.4. The number of allylic oxidation sites excluding steroid dienone is 4. The van der Waals surface area contributed by atoms with Gasteiger partial charge in [-0.1, -0.05) is 179 Å². The van der Waals surface area contributed by atoms with E-state index in [0.717, 1.165) is 38.5 Å². The molecule has 0 saturated carbocycles. The molecule has 0 aromatic carbocycles. The van der Waals surface area contributed by atoms with Gasteiger partial charge in [0.15, 0.2) is 6.29 Å². The molecule has 0 spiro atoms. The lowest BCUT2D eigenvalue weighted by Gasteiger charge is -2.40. The minimum atomic E-state index is -1.67. The Morgan fingerprint density at radius 3 is 1.51 bits per heavy atom. The molecule has 1 aliphatic rings. The van der Waals surface area contributed by atoms with Crippen LogP contribution in [0.25, 0.3) is 0 Å². The summed E-state index contributed by atoms with van der Waals surface area (Å²) in [6, 6.07) is -1.19. The zero-order chi connectivity index (χ0) is 43.4. The fourth-order valence-electron chi connectivity index (χ4n) is 7.69. The monoisotopic (exact) mass is 842 g/mol. The van der Waals surface area contributed by atoms with Crippen LogP contribution in [0.1, 0.15) is 206 Å². The minimum Gasteiger partial charge on any atom is -0.394 e. The number of hydrogen-bond donors (Lipinski definition) is 8. The van der Waals surface area contributed by atoms with Crippen LogP contribution in [-0.4, -0.2) is 110 Å². The smallest absolute Gasteiger partial charge is 0.249 e. The molecule has 1 saturated heterocycles. The van der Waals surface area contributed by atoms with E-state index < -0.39 is 74.2 Å². The van der Waals surface area contributed by atoms with Crippen molar-refractivity contribution in [3.05, 3.63) is 24.3 Å². The molecule has 1 aliphatic heterocycles. The SMILES string of the molecule is CCCCCCCCCCCCCCCCC/C=C/CC/C=C/CCCC(O)C(O)C(COC1OC(CO)C(O)C(O)C1O)NC(=O)C(O)CCCCCCCCCC. The average Bonchev–Trinajstić information content (AvgIpc) is 3.23. The van der Waals surface area contributed by atoms with Gasteiger partial charge < -0.3 is 50.5 Å². The van der Waals surface area contributed by atoms with Gasteiger partial charge in [0.1, 0.15) is 36.6 Å². The van der Waals surface area contributed by atoms with E-state index in [9.17, 15) is 40.5 Å². The Bertz CT molecular complexity index is 1010. The number of carbonyl (C=O) groups is 1. The molecule has 0 radical (unpaired) electrons. The lowest BCUT2D eigenvalue weighted by atomic mass is 9.98. The van der Waals surface area contributed by atoms with Crippen LogP contribution >= 0.6 is 0 Å². The molecule has 1 amide bonds. The van der Waals surface area contributed by atoms with Gasteiger partial charge in [-0.25, -0.2) is 0 Å². The number of unbranched alkanes of at least 4 members (excludes halogenated alkanes) is 24. The third-order valence-electron chi connectivity index (χ3n) is 11.7. The van der Waals surface area contributed by atoms with Gasteiger partial charge in [-0.15, -0.1) is 0 Å². The zero-order valence-electron chi connectivity index (χ0n) is 37.5. The lowest BCUT2D eigenvalue weighted by Crippen LogP contribution is -2.60. The van der Waals surface area contributed by atoms with Crippen molar-refractivity contribution in [3.8, 4) is 0 Å². The quantitative estimate of drug-likeness (QED) is 0.0221. The first-order chi connectivity index (χ1) is 28.7. The highest BCUT2D eigenvalue weighted by Crippen LogP contribution is 2.23. The Hall–Kier alpha value is -1.41. The van der Waals surface area contributed by atoms with Crippen LogP contribution in [0.2, 0.25) is 0 Å². The molecular weight excluding hydrogens is 751 g/mol. The zero-order valence-corrected chi connectivity index (χ0v) is 37.5. The van der Waals surface area contributed by atoms with Crippen molar-refractivity contribution in [3.63, 3.8) is 0 Å². The highest BCUT2D eigenvalue weighted by molar-refractivity contribution is 5.80. The number of rotatable bonds is 40. The second-order valence-corrected chi connectivity index (χ2v) is 17.2. The maximum Gasteiger partial charge on any atom is 0.249 e. The molecule has 11 nitrogen and oxygen atoms in total. The topological polar surface area (TPSA) is 189 Å². The summed E-state index contributed by atoms with van der Waals surface area (Å²) < 4.78 is 11.0. The Kier molecular flexibility index (Phi) is 36.1. The van der Waals surface area contributed by atoms with E-state index in [0.29, 0.717) is 19.3 Å². The van der Waals surface area contributed by atoms with Crippen molar-refractivity contribution < 1.29 is 50.0 Å². The predicted molar refractivity (Wildman–Crippen MR) is 238 cm³/mol. The van der Waals surface area contributed by atoms with Crippen molar-refractivity contribution >= 4 is 5.91 Å². The number of aliphatic hydroxyl groups excluding tert-OH is 7. The van der Waals surface area contributed by atoms with Crippen molar-refractivity contribution in [1.29, 1.82) is 0 Å². The first kappa shape index (κ1) is 55.6. The normalized spacial score (nSPS) is 21.9. The molecule has 9 atom stereocenters. The van der Waals surface area contributed by atoms with Gasteiger partial charge in [-0.2, -0.15) is 0 Å². The van der Waals surface area contributed by atoms with Crippen LogP contribution in [0.4, 0.5) is 0 Å². The van der Waals surface area contributed by atoms with E-state index >= 15 is 0 Å². The van der Waals surface area contributed by atoms with Gasteiger partial charge in [-0.3, -0.25) is 4.79 Å². The molecule has 9 unspecified atom stereocenters. The average molecular weight is 842 g/mol. The van der Waals surface area contributed by atoms with Crippen LogP contribution in [-0.2, 0) is 14.3 Å². The van der Waals surface area contributed by atoms with E-state index in [1.807, 2.05) is 0 Å². The molecule has 8 N–H and O–H groups in total. The maximum absolute atomic E-state index is 13.0. The van der Waals surface area contributed by atoms with Gasteiger partial charge in [0.25, 0.3) is 0 Å². The Balaban J connectivity index is 2.36. The van der Waals surface area contributed by atoms with Crippen LogP contribution < -0.4 is 5.32 Å². The van der Waals surface area contributed by atoms with Gasteiger partial charge in [0.2, 0.25) is 5.91 Å². The van der Waals surface area contributed by atoms with E-state index in [-0.39, 0.29) is 12.8 Å². The Morgan fingerprint density at radius 2 is 1.02 bits per heavy atom. The summed E-state index contributed by atoms with van der Waals surface area (Å²) in [5.41, 5.74) is 0. The number of carbonyl (C=O) groups excluding carboxylic acids is 1. The van der Waals surface area contributed by atoms with Crippen molar-refractivity contribution in [1.82, 2.24) is 5.32 Å². The summed E-state index contributed by atoms with van der Waals surface area (Å²) in [4.78, 5) is 13.0. The second kappa shape index (κ2) is 38.3. The number of hydrogen-bond acceptors (Lipinski definition) is 10. The predicted octanol–water partition coefficient (Wildman–Crippen LogP) is 8.23. The summed E-state index contributed by atoms with van der Waals surface area (Å²) in [5.74, 6) is -0.714. The largest absolute Gasteiger partial charge is 0.394 e. The van der Waals surface area contributed by atoms with Crippen LogP contribution in [0.15, 0.2) is 24.3 Å². The summed E-state index contributed by atoms with van der Waals surface area (Å²) in [6.45, 7) is 3.38. The molecular formula is C48H91NO10. The van der Waals surface area contributed by atoms with Crippen LogP contribution in [0.5, 0.6) is 0 Å². The molecule has 1 heterocycles. The standard InChI is InChI=1S/C48H91NO10/c1-3-5-7-9-11-13-14-15-16-17-18-19-20-21-22-23-24-25-26-27-28-30-31-33-35-40(51)43(53)39(38-58-48-46(56)45(55)44(54)42(37-50)59-48)49-47(57)41(52)36-34-32-29-12-10-8-6-4-2/h24-25,28,30,39-46,48,50-56H,3-23,26-27,29,31-38H2,1-2H3,(H,49,57)/b25-24+,30-28+. The number of nitrogens with one attached hydrogen (secondary N) is 1. The molecule has 1 rings (SSSR count). The molecule has 0 aromatic rings. The Morgan fingerprint density at radius 1 is 0.576 bits per heavy atom. The number of amides is 1. The molecule has 0 bridgehead atoms. The molecule has 11 heteroatoms. The fraction of sp³-hybridized carbons (Fsp3) is 0.896. The van der Waals surface area contributed by atoms with E-state index in [2.05, 4.69) is 43.5 Å². The molecule has 348 valence electrons. The van der Waals surface area contributed by atoms with Crippen molar-refractivity contribution in [2.75, 3.05) is 13.2 Å². The number of aliphatic hydroxyl groups is 7.